The van der Waals surface area contributed by atoms with Gasteiger partial charge in [0.05, 0.1) is 11.3 Å². The van der Waals surface area contributed by atoms with Gasteiger partial charge >= 0.3 is 6.18 Å². The zero-order valence-electron chi connectivity index (χ0n) is 10.4. The lowest BCUT2D eigenvalue weighted by molar-refractivity contribution is -0.137. The number of nitrogens with two attached hydrogens (primary N) is 1. The predicted molar refractivity (Wildman–Crippen MR) is 73.1 cm³/mol. The Kier molecular flexibility index (Phi) is 4.40. The molecule has 0 saturated carbocycles. The molecule has 1 fully saturated rings. The van der Waals surface area contributed by atoms with Gasteiger partial charge in [-0.05, 0) is 59.4 Å². The molecule has 1 aromatic carbocycles. The van der Waals surface area contributed by atoms with E-state index < -0.39 is 11.7 Å². The molecule has 1 saturated heterocycles. The summed E-state index contributed by atoms with van der Waals surface area (Å²) in [6.45, 7) is 2.39. The molecule has 0 bridgehead atoms. The predicted octanol–water partition coefficient (Wildman–Crippen LogP) is 3.64. The fourth-order valence-electron chi connectivity index (χ4n) is 2.46. The van der Waals surface area contributed by atoms with Gasteiger partial charge in [0.15, 0.2) is 0 Å². The lowest BCUT2D eigenvalue weighted by Crippen LogP contribution is -2.21. The summed E-state index contributed by atoms with van der Waals surface area (Å²) < 4.78 is 38.3. The van der Waals surface area contributed by atoms with Crippen LogP contribution in [0.2, 0.25) is 0 Å². The van der Waals surface area contributed by atoms with Gasteiger partial charge in [-0.3, -0.25) is 0 Å². The summed E-state index contributed by atoms with van der Waals surface area (Å²) in [5, 5.41) is 0. The second-order valence-corrected chi connectivity index (χ2v) is 5.70. The van der Waals surface area contributed by atoms with E-state index in [1.54, 1.807) is 0 Å². The number of alkyl halides is 3. The molecule has 19 heavy (non-hydrogen) atoms. The van der Waals surface area contributed by atoms with Gasteiger partial charge in [-0.25, -0.2) is 0 Å². The van der Waals surface area contributed by atoms with Gasteiger partial charge in [0.25, 0.3) is 0 Å². The monoisotopic (exact) mass is 336 g/mol. The summed E-state index contributed by atoms with van der Waals surface area (Å²) in [5.41, 5.74) is 5.74. The number of nitrogens with zero attached hydrogens (tertiary/aromatic N) is 1. The van der Waals surface area contributed by atoms with E-state index >= 15 is 0 Å². The van der Waals surface area contributed by atoms with Gasteiger partial charge in [-0.1, -0.05) is 0 Å². The molecule has 0 spiro atoms. The van der Waals surface area contributed by atoms with Crippen LogP contribution in [0.1, 0.15) is 18.4 Å². The largest absolute Gasteiger partial charge is 0.416 e. The highest BCUT2D eigenvalue weighted by Gasteiger charge is 2.31. The lowest BCUT2D eigenvalue weighted by Gasteiger charge is -2.21. The van der Waals surface area contributed by atoms with Crippen LogP contribution < -0.4 is 10.6 Å². The number of anilines is 1. The molecule has 1 aromatic rings. The molecule has 1 heterocycles. The Morgan fingerprint density at radius 1 is 1.37 bits per heavy atom. The van der Waals surface area contributed by atoms with Crippen molar-refractivity contribution in [3.63, 3.8) is 0 Å². The maximum Gasteiger partial charge on any atom is 0.416 e. The Bertz CT molecular complexity index is 448. The third-order valence-corrected chi connectivity index (χ3v) is 4.11. The third kappa shape index (κ3) is 3.42. The maximum absolute atomic E-state index is 12.6. The van der Waals surface area contributed by atoms with E-state index in [0.717, 1.165) is 43.8 Å². The Labute approximate surface area is 118 Å². The topological polar surface area (TPSA) is 29.3 Å². The van der Waals surface area contributed by atoms with Gasteiger partial charge < -0.3 is 10.6 Å². The fraction of sp³-hybridized carbons (Fsp3) is 0.538. The van der Waals surface area contributed by atoms with Gasteiger partial charge in [0.2, 0.25) is 0 Å². The van der Waals surface area contributed by atoms with Crippen LogP contribution >= 0.6 is 15.9 Å². The first kappa shape index (κ1) is 14.7. The normalized spacial score (nSPS) is 20.1. The van der Waals surface area contributed by atoms with Crippen molar-refractivity contribution in [1.29, 1.82) is 0 Å². The van der Waals surface area contributed by atoms with Crippen molar-refractivity contribution in [3.05, 3.63) is 28.2 Å². The second-order valence-electron chi connectivity index (χ2n) is 4.84. The Morgan fingerprint density at radius 2 is 2.11 bits per heavy atom. The van der Waals surface area contributed by atoms with E-state index in [2.05, 4.69) is 20.8 Å². The number of rotatable bonds is 3. The van der Waals surface area contributed by atoms with Gasteiger partial charge in [-0.15, -0.1) is 0 Å². The SMILES string of the molecule is NCCC1CCN(c2ccc(C(F)(F)F)cc2Br)C1. The molecule has 1 aliphatic heterocycles. The van der Waals surface area contributed by atoms with Crippen molar-refractivity contribution in [2.45, 2.75) is 19.0 Å². The Hall–Kier alpha value is -0.750. The molecule has 1 unspecified atom stereocenters. The molecule has 6 heteroatoms. The number of hydrogen-bond acceptors (Lipinski definition) is 2. The average molecular weight is 337 g/mol. The number of hydrogen-bond donors (Lipinski definition) is 1. The fourth-order valence-corrected chi connectivity index (χ4v) is 3.09. The van der Waals surface area contributed by atoms with Crippen molar-refractivity contribution in [2.24, 2.45) is 11.7 Å². The highest BCUT2D eigenvalue weighted by molar-refractivity contribution is 9.10. The molecule has 1 atom stereocenters. The molecule has 0 aromatic heterocycles. The molecule has 0 radical (unpaired) electrons. The van der Waals surface area contributed by atoms with E-state index in [9.17, 15) is 13.2 Å². The Balaban J connectivity index is 2.14. The third-order valence-electron chi connectivity index (χ3n) is 3.48. The van der Waals surface area contributed by atoms with Crippen LogP contribution in [0.4, 0.5) is 18.9 Å². The lowest BCUT2D eigenvalue weighted by atomic mass is 10.1. The van der Waals surface area contributed by atoms with Gasteiger partial charge in [-0.2, -0.15) is 13.2 Å². The van der Waals surface area contributed by atoms with Gasteiger partial charge in [0.1, 0.15) is 0 Å². The first-order chi connectivity index (χ1) is 8.91. The molecule has 2 nitrogen and oxygen atoms in total. The van der Waals surface area contributed by atoms with E-state index in [4.69, 9.17) is 5.73 Å². The first-order valence-electron chi connectivity index (χ1n) is 6.23. The minimum absolute atomic E-state index is 0.496. The smallest absolute Gasteiger partial charge is 0.370 e. The minimum atomic E-state index is -4.30. The quantitative estimate of drug-likeness (QED) is 0.912. The molecule has 106 valence electrons. The van der Waals surface area contributed by atoms with Crippen LogP contribution in [-0.4, -0.2) is 19.6 Å². The second kappa shape index (κ2) is 5.71. The summed E-state index contributed by atoms with van der Waals surface area (Å²) in [5.74, 6) is 0.541. The van der Waals surface area contributed by atoms with Crippen LogP contribution in [0.5, 0.6) is 0 Å². The van der Waals surface area contributed by atoms with E-state index in [1.165, 1.54) is 6.07 Å². The van der Waals surface area contributed by atoms with Crippen LogP contribution in [0, 0.1) is 5.92 Å². The number of halogens is 4. The highest BCUT2D eigenvalue weighted by atomic mass is 79.9. The summed E-state index contributed by atoms with van der Waals surface area (Å²) >= 11 is 3.24. The molecule has 0 amide bonds. The van der Waals surface area contributed by atoms with Crippen LogP contribution in [0.25, 0.3) is 0 Å². The zero-order chi connectivity index (χ0) is 14.0. The van der Waals surface area contributed by atoms with Gasteiger partial charge in [0, 0.05) is 17.6 Å². The zero-order valence-corrected chi connectivity index (χ0v) is 12.0. The van der Waals surface area contributed by atoms with Crippen molar-refractivity contribution in [3.8, 4) is 0 Å². The number of benzene rings is 1. The Morgan fingerprint density at radius 3 is 2.68 bits per heavy atom. The van der Waals surface area contributed by atoms with Crippen LogP contribution in [-0.2, 0) is 6.18 Å². The summed E-state index contributed by atoms with van der Waals surface area (Å²) in [6, 6.07) is 3.82. The first-order valence-corrected chi connectivity index (χ1v) is 7.03. The van der Waals surface area contributed by atoms with E-state index in [-0.39, 0.29) is 0 Å². The van der Waals surface area contributed by atoms with E-state index in [1.807, 2.05) is 0 Å². The average Bonchev–Trinajstić information content (AvgIpc) is 2.76. The van der Waals surface area contributed by atoms with Crippen molar-refractivity contribution in [2.75, 3.05) is 24.5 Å². The minimum Gasteiger partial charge on any atom is -0.370 e. The molecule has 2 N–H and O–H groups in total. The molecule has 2 rings (SSSR count). The van der Waals surface area contributed by atoms with Crippen molar-refractivity contribution < 1.29 is 13.2 Å². The molecule has 1 aliphatic rings. The summed E-state index contributed by atoms with van der Waals surface area (Å²) in [7, 11) is 0. The van der Waals surface area contributed by atoms with Crippen LogP contribution in [0.3, 0.4) is 0 Å². The maximum atomic E-state index is 12.6. The summed E-state index contributed by atoms with van der Waals surface area (Å²) in [4.78, 5) is 2.12. The summed E-state index contributed by atoms with van der Waals surface area (Å²) in [6.07, 6.45) is -2.28. The molecular formula is C13H16BrF3N2. The molecule has 0 aliphatic carbocycles. The highest BCUT2D eigenvalue weighted by Crippen LogP contribution is 2.37. The van der Waals surface area contributed by atoms with E-state index in [0.29, 0.717) is 16.9 Å². The standard InChI is InChI=1S/C13H16BrF3N2/c14-11-7-10(13(15,16)17)1-2-12(11)19-6-4-9(8-19)3-5-18/h1-2,7,9H,3-6,8,18H2. The van der Waals surface area contributed by atoms with Crippen LogP contribution in [0.15, 0.2) is 22.7 Å². The van der Waals surface area contributed by atoms with Crippen molar-refractivity contribution in [1.82, 2.24) is 0 Å². The molecular weight excluding hydrogens is 321 g/mol. The van der Waals surface area contributed by atoms with Crippen molar-refractivity contribution >= 4 is 21.6 Å².